The summed E-state index contributed by atoms with van der Waals surface area (Å²) in [6.45, 7) is 0. The maximum Gasteiger partial charge on any atom is 0.357 e. The third-order valence-corrected chi connectivity index (χ3v) is 5.49. The lowest BCUT2D eigenvalue weighted by molar-refractivity contribution is -0.597. The summed E-state index contributed by atoms with van der Waals surface area (Å²) in [4.78, 5) is 10.2. The molecule has 0 atom stereocenters. The highest BCUT2D eigenvalue weighted by atomic mass is 127. The van der Waals surface area contributed by atoms with Gasteiger partial charge in [-0.1, -0.05) is 60.3 Å². The molecule has 0 aliphatic rings. The van der Waals surface area contributed by atoms with Gasteiger partial charge in [0.05, 0.1) is 5.56 Å². The standard InChI is InChI=1S/C12H10I.C7H6O3/c1-3-7-11(8-4-1)13-12-9-5-2-6-10-12;8-6-4-2-1-3-5(6)7(9)10/h1-10H;1-4,8H,(H,9,10)/q+1;/p-1. The first kappa shape index (κ1) is 17.0. The van der Waals surface area contributed by atoms with Crippen LogP contribution in [0.1, 0.15) is 10.4 Å². The summed E-state index contributed by atoms with van der Waals surface area (Å²) in [6.07, 6.45) is 0. The van der Waals surface area contributed by atoms with Gasteiger partial charge in [0, 0.05) is 0 Å². The predicted octanol–water partition coefficient (Wildman–Crippen LogP) is 0.273. The molecule has 4 heteroatoms. The molecule has 0 fully saturated rings. The second-order valence-electron chi connectivity index (χ2n) is 4.49. The van der Waals surface area contributed by atoms with Gasteiger partial charge in [0.1, 0.15) is 0 Å². The molecular weight excluding hydrogens is 403 g/mol. The summed E-state index contributed by atoms with van der Waals surface area (Å²) in [6, 6.07) is 26.9. The molecule has 0 bridgehead atoms. The van der Waals surface area contributed by atoms with Crippen LogP contribution in [-0.4, -0.2) is 11.1 Å². The molecule has 0 aromatic heterocycles. The minimum Gasteiger partial charge on any atom is -0.872 e. The van der Waals surface area contributed by atoms with Crippen LogP contribution in [0.5, 0.6) is 5.75 Å². The molecule has 0 aliphatic heterocycles. The van der Waals surface area contributed by atoms with Crippen LogP contribution in [0.15, 0.2) is 84.9 Å². The number of para-hydroxylation sites is 1. The number of aromatic carboxylic acids is 1. The first-order chi connectivity index (χ1) is 11.2. The van der Waals surface area contributed by atoms with Gasteiger partial charge >= 0.3 is 27.2 Å². The molecule has 116 valence electrons. The lowest BCUT2D eigenvalue weighted by Gasteiger charge is -2.07. The van der Waals surface area contributed by atoms with Gasteiger partial charge in [0.2, 0.25) is 0 Å². The zero-order valence-electron chi connectivity index (χ0n) is 12.2. The fourth-order valence-corrected chi connectivity index (χ4v) is 3.99. The van der Waals surface area contributed by atoms with Gasteiger partial charge in [0.25, 0.3) is 0 Å². The van der Waals surface area contributed by atoms with Crippen molar-refractivity contribution in [2.24, 2.45) is 0 Å². The SMILES string of the molecule is O=C(O)c1ccccc1[O-].c1ccc([I+]c2ccccc2)cc1. The van der Waals surface area contributed by atoms with E-state index in [4.69, 9.17) is 5.11 Å². The summed E-state index contributed by atoms with van der Waals surface area (Å²) in [5, 5.41) is 19.0. The van der Waals surface area contributed by atoms with E-state index in [0.717, 1.165) is 0 Å². The van der Waals surface area contributed by atoms with Crippen LogP contribution in [0.25, 0.3) is 0 Å². The Kier molecular flexibility index (Phi) is 6.62. The van der Waals surface area contributed by atoms with E-state index in [1.807, 2.05) is 0 Å². The average Bonchev–Trinajstić information content (AvgIpc) is 2.57. The number of carbonyl (C=O) groups is 1. The number of carboxylic acid groups (broad SMARTS) is 1. The summed E-state index contributed by atoms with van der Waals surface area (Å²) < 4.78 is 2.96. The molecule has 0 unspecified atom stereocenters. The monoisotopic (exact) mass is 418 g/mol. The maximum atomic E-state index is 10.7. The van der Waals surface area contributed by atoms with Gasteiger partial charge in [-0.15, -0.1) is 0 Å². The summed E-state index contributed by atoms with van der Waals surface area (Å²) in [7, 11) is 0. The normalized spacial score (nSPS) is 9.57. The topological polar surface area (TPSA) is 60.4 Å². The zero-order chi connectivity index (χ0) is 16.5. The quantitative estimate of drug-likeness (QED) is 0.622. The van der Waals surface area contributed by atoms with Gasteiger partial charge in [0.15, 0.2) is 7.14 Å². The van der Waals surface area contributed by atoms with Crippen LogP contribution in [0.4, 0.5) is 0 Å². The van der Waals surface area contributed by atoms with Gasteiger partial charge < -0.3 is 10.2 Å². The molecular formula is C19H15IO3. The van der Waals surface area contributed by atoms with Crippen molar-refractivity contribution in [1.29, 1.82) is 0 Å². The molecule has 1 N–H and O–H groups in total. The number of carboxylic acids is 1. The smallest absolute Gasteiger partial charge is 0.357 e. The number of hydrogen-bond acceptors (Lipinski definition) is 2. The summed E-state index contributed by atoms with van der Waals surface area (Å²) in [5.41, 5.74) is -0.178. The minimum atomic E-state index is -1.18. The molecule has 0 saturated carbocycles. The number of hydrogen-bond donors (Lipinski definition) is 1. The summed E-state index contributed by atoms with van der Waals surface area (Å²) in [5.74, 6) is -1.62. The van der Waals surface area contributed by atoms with Crippen molar-refractivity contribution in [3.05, 3.63) is 97.6 Å². The van der Waals surface area contributed by atoms with E-state index in [1.54, 1.807) is 0 Å². The second-order valence-corrected chi connectivity index (χ2v) is 7.52. The van der Waals surface area contributed by atoms with Crippen LogP contribution in [0.2, 0.25) is 0 Å². The van der Waals surface area contributed by atoms with Crippen LogP contribution in [-0.2, 0) is 0 Å². The molecule has 0 radical (unpaired) electrons. The first-order valence-electron chi connectivity index (χ1n) is 6.91. The Balaban J connectivity index is 0.000000174. The Morgan fingerprint density at radius 1 is 0.739 bits per heavy atom. The molecule has 3 aromatic carbocycles. The zero-order valence-corrected chi connectivity index (χ0v) is 14.4. The lowest BCUT2D eigenvalue weighted by Crippen LogP contribution is -3.61. The molecule has 23 heavy (non-hydrogen) atoms. The van der Waals surface area contributed by atoms with Crippen molar-refractivity contribution in [3.63, 3.8) is 0 Å². The van der Waals surface area contributed by atoms with Crippen LogP contribution in [0.3, 0.4) is 0 Å². The highest BCUT2D eigenvalue weighted by Crippen LogP contribution is 2.10. The van der Waals surface area contributed by atoms with Crippen molar-refractivity contribution >= 4 is 5.97 Å². The third-order valence-electron chi connectivity index (χ3n) is 2.80. The minimum absolute atomic E-state index is 0.0287. The molecule has 0 amide bonds. The van der Waals surface area contributed by atoms with Crippen LogP contribution < -0.4 is 26.3 Å². The summed E-state index contributed by atoms with van der Waals surface area (Å²) >= 11 is 0.0287. The van der Waals surface area contributed by atoms with Crippen molar-refractivity contribution in [1.82, 2.24) is 0 Å². The van der Waals surface area contributed by atoms with E-state index in [2.05, 4.69) is 60.7 Å². The van der Waals surface area contributed by atoms with Gasteiger partial charge in [-0.25, -0.2) is 4.79 Å². The van der Waals surface area contributed by atoms with Gasteiger partial charge in [-0.2, -0.15) is 0 Å². The molecule has 0 spiro atoms. The average molecular weight is 418 g/mol. The number of benzene rings is 3. The van der Waals surface area contributed by atoms with E-state index < -0.39 is 11.7 Å². The first-order valence-corrected chi connectivity index (χ1v) is 9.07. The molecule has 3 aromatic rings. The van der Waals surface area contributed by atoms with E-state index in [0.29, 0.717) is 0 Å². The number of rotatable bonds is 3. The van der Waals surface area contributed by atoms with E-state index in [1.165, 1.54) is 31.4 Å². The fourth-order valence-electron chi connectivity index (χ4n) is 1.72. The third kappa shape index (κ3) is 5.75. The molecule has 0 saturated heterocycles. The molecule has 0 heterocycles. The van der Waals surface area contributed by atoms with Crippen molar-refractivity contribution in [3.8, 4) is 5.75 Å². The molecule has 3 nitrogen and oxygen atoms in total. The Hall–Kier alpha value is -2.34. The molecule has 0 aliphatic carbocycles. The largest absolute Gasteiger partial charge is 0.872 e. The van der Waals surface area contributed by atoms with Gasteiger partial charge in [-0.3, -0.25) is 0 Å². The van der Waals surface area contributed by atoms with Crippen LogP contribution >= 0.6 is 0 Å². The Labute approximate surface area is 145 Å². The lowest BCUT2D eigenvalue weighted by atomic mass is 10.2. The van der Waals surface area contributed by atoms with Gasteiger partial charge in [-0.05, 0) is 30.3 Å². The second kappa shape index (κ2) is 8.95. The highest BCUT2D eigenvalue weighted by Gasteiger charge is 2.12. The van der Waals surface area contributed by atoms with Crippen LogP contribution in [0, 0.1) is 7.14 Å². The Morgan fingerprint density at radius 2 is 1.17 bits per heavy atom. The van der Waals surface area contributed by atoms with Crippen molar-refractivity contribution in [2.45, 2.75) is 0 Å². The highest BCUT2D eigenvalue weighted by molar-refractivity contribution is 5.90. The predicted molar refractivity (Wildman–Crippen MR) is 83.1 cm³/mol. The number of halogens is 1. The van der Waals surface area contributed by atoms with Crippen molar-refractivity contribution < 1.29 is 36.2 Å². The Bertz CT molecular complexity index is 705. The van der Waals surface area contributed by atoms with Crippen molar-refractivity contribution in [2.75, 3.05) is 0 Å². The van der Waals surface area contributed by atoms with E-state index in [-0.39, 0.29) is 26.8 Å². The maximum absolute atomic E-state index is 10.7. The Morgan fingerprint density at radius 3 is 1.57 bits per heavy atom. The van der Waals surface area contributed by atoms with E-state index >= 15 is 0 Å². The van der Waals surface area contributed by atoms with E-state index in [9.17, 15) is 9.90 Å². The molecule has 3 rings (SSSR count). The fraction of sp³-hybridized carbons (Fsp3) is 0.